The number of allylic oxidation sites excluding steroid dienone is 6. The molecule has 3 aromatic rings. The third-order valence-electron chi connectivity index (χ3n) is 7.34. The number of aliphatic carboxylic acids is 1. The van der Waals surface area contributed by atoms with Crippen molar-refractivity contribution in [3.8, 4) is 0 Å². The normalized spacial score (nSPS) is 18.7. The fourth-order valence-electron chi connectivity index (χ4n) is 5.35. The minimum Gasteiger partial charge on any atom is -0.481 e. The quantitative estimate of drug-likeness (QED) is 0.150. The number of imide groups is 1. The maximum absolute atomic E-state index is 12.8. The van der Waals surface area contributed by atoms with Crippen molar-refractivity contribution in [1.29, 1.82) is 0 Å². The molecular formula is C33H34N3O6S4+. The van der Waals surface area contributed by atoms with Gasteiger partial charge in [-0.2, -0.15) is 4.57 Å². The molecule has 240 valence electrons. The molecule has 0 saturated carbocycles. The predicted molar refractivity (Wildman–Crippen MR) is 185 cm³/mol. The molecule has 46 heavy (non-hydrogen) atoms. The number of thioether (sulfide) groups is 1. The van der Waals surface area contributed by atoms with Crippen molar-refractivity contribution in [2.24, 2.45) is 13.0 Å². The molecule has 2 aromatic carbocycles. The van der Waals surface area contributed by atoms with Gasteiger partial charge >= 0.3 is 5.97 Å². The highest BCUT2D eigenvalue weighted by Gasteiger charge is 2.29. The van der Waals surface area contributed by atoms with Crippen molar-refractivity contribution in [2.75, 3.05) is 24.8 Å². The van der Waals surface area contributed by atoms with E-state index in [-0.39, 0.29) is 6.54 Å². The Balaban J connectivity index is 1.40. The lowest BCUT2D eigenvalue weighted by Crippen LogP contribution is -2.39. The number of aromatic nitrogens is 1. The second kappa shape index (κ2) is 14.9. The van der Waals surface area contributed by atoms with Gasteiger partial charge in [0, 0.05) is 45.1 Å². The van der Waals surface area contributed by atoms with E-state index in [9.17, 15) is 18.6 Å². The number of hydrogen-bond donors (Lipinski definition) is 2. The first-order valence-corrected chi connectivity index (χ1v) is 18.3. The predicted octanol–water partition coefficient (Wildman–Crippen LogP) is 5.98. The Morgan fingerprint density at radius 3 is 2.74 bits per heavy atom. The number of carbonyl (C=O) groups is 3. The van der Waals surface area contributed by atoms with Crippen LogP contribution in [0.25, 0.3) is 16.3 Å². The van der Waals surface area contributed by atoms with Gasteiger partial charge in [0.05, 0.1) is 28.6 Å². The van der Waals surface area contributed by atoms with E-state index in [1.54, 1.807) is 36.5 Å². The zero-order valence-electron chi connectivity index (χ0n) is 25.8. The molecule has 0 spiro atoms. The number of nitrogens with zero attached hydrogens (tertiary/aromatic N) is 2. The number of hydrogen-bond acceptors (Lipinski definition) is 9. The zero-order chi connectivity index (χ0) is 33.0. The average Bonchev–Trinajstić information content (AvgIpc) is 3.48. The SMILES string of the molecule is COSc1ccc2c(c1)N(CC(=O)NC(=O)CC(=O)O)C(=CC1=CC(=CC=Cc3sc4ccc(S(C)=O)cc4[n+]3C)CC(C)C1)S2. The van der Waals surface area contributed by atoms with Crippen LogP contribution >= 0.6 is 35.1 Å². The summed E-state index contributed by atoms with van der Waals surface area (Å²) >= 11 is 4.44. The van der Waals surface area contributed by atoms with E-state index in [2.05, 4.69) is 47.2 Å². The lowest BCUT2D eigenvalue weighted by Gasteiger charge is -2.23. The van der Waals surface area contributed by atoms with E-state index < -0.39 is 35.0 Å². The number of rotatable bonds is 10. The van der Waals surface area contributed by atoms with E-state index in [1.165, 1.54) is 17.6 Å². The number of fused-ring (bicyclic) bond motifs is 2. The van der Waals surface area contributed by atoms with Gasteiger partial charge in [-0.1, -0.05) is 48.3 Å². The number of thiazole rings is 1. The highest BCUT2D eigenvalue weighted by Crippen LogP contribution is 2.48. The van der Waals surface area contributed by atoms with E-state index >= 15 is 0 Å². The third kappa shape index (κ3) is 8.26. The Kier molecular flexibility index (Phi) is 11.0. The van der Waals surface area contributed by atoms with Crippen molar-refractivity contribution >= 4 is 85.7 Å². The Hall–Kier alpha value is -3.49. The summed E-state index contributed by atoms with van der Waals surface area (Å²) in [6.07, 6.45) is 13.3. The fourth-order valence-corrected chi connectivity index (χ4v) is 8.53. The number of benzene rings is 2. The molecule has 9 nitrogen and oxygen atoms in total. The molecular weight excluding hydrogens is 663 g/mol. The molecule has 0 bridgehead atoms. The molecule has 5 rings (SSSR count). The van der Waals surface area contributed by atoms with Gasteiger partial charge in [0.15, 0.2) is 0 Å². The minimum atomic E-state index is -1.30. The van der Waals surface area contributed by atoms with Gasteiger partial charge in [-0.05, 0) is 66.3 Å². The largest absolute Gasteiger partial charge is 0.481 e. The highest BCUT2D eigenvalue weighted by atomic mass is 32.2. The van der Waals surface area contributed by atoms with Gasteiger partial charge < -0.3 is 14.2 Å². The van der Waals surface area contributed by atoms with Crippen LogP contribution in [0.4, 0.5) is 5.69 Å². The van der Waals surface area contributed by atoms with Crippen molar-refractivity contribution in [3.63, 3.8) is 0 Å². The van der Waals surface area contributed by atoms with Crippen LogP contribution in [-0.4, -0.2) is 47.0 Å². The van der Waals surface area contributed by atoms with Crippen LogP contribution in [-0.2, 0) is 36.4 Å². The van der Waals surface area contributed by atoms with Crippen LogP contribution in [0.15, 0.2) is 91.6 Å². The number of carbonyl (C=O) groups excluding carboxylic acids is 2. The number of carboxylic acids is 1. The molecule has 1 aliphatic heterocycles. The maximum Gasteiger partial charge on any atom is 0.312 e. The van der Waals surface area contributed by atoms with Gasteiger partial charge in [-0.3, -0.25) is 23.9 Å². The lowest BCUT2D eigenvalue weighted by atomic mass is 9.87. The fraction of sp³-hybridized carbons (Fsp3) is 0.273. The van der Waals surface area contributed by atoms with Gasteiger partial charge in [0.2, 0.25) is 17.3 Å². The summed E-state index contributed by atoms with van der Waals surface area (Å²) in [7, 11) is 2.57. The third-order valence-corrected chi connectivity index (χ3v) is 11.2. The van der Waals surface area contributed by atoms with E-state index in [4.69, 9.17) is 9.29 Å². The second-order valence-electron chi connectivity index (χ2n) is 11.0. The summed E-state index contributed by atoms with van der Waals surface area (Å²) < 4.78 is 20.4. The number of aryl methyl sites for hydroxylation is 1. The molecule has 0 radical (unpaired) electrons. The summed E-state index contributed by atoms with van der Waals surface area (Å²) in [5.74, 6) is -2.32. The van der Waals surface area contributed by atoms with E-state index in [1.807, 2.05) is 48.3 Å². The van der Waals surface area contributed by atoms with Crippen LogP contribution in [0.2, 0.25) is 0 Å². The van der Waals surface area contributed by atoms with E-state index in [0.29, 0.717) is 5.92 Å². The Morgan fingerprint density at radius 2 is 2.00 bits per heavy atom. The minimum absolute atomic E-state index is 0.144. The summed E-state index contributed by atoms with van der Waals surface area (Å²) in [5, 5.41) is 13.0. The summed E-state index contributed by atoms with van der Waals surface area (Å²) in [4.78, 5) is 40.2. The first kappa shape index (κ1) is 33.9. The Labute approximate surface area is 282 Å². The summed E-state index contributed by atoms with van der Waals surface area (Å²) in [5.41, 5.74) is 4.19. The summed E-state index contributed by atoms with van der Waals surface area (Å²) in [6, 6.07) is 11.8. The molecule has 2 amide bonds. The monoisotopic (exact) mass is 696 g/mol. The second-order valence-corrected chi connectivity index (χ2v) is 15.5. The highest BCUT2D eigenvalue weighted by molar-refractivity contribution is 8.03. The van der Waals surface area contributed by atoms with Crippen molar-refractivity contribution in [3.05, 3.63) is 81.9 Å². The van der Waals surface area contributed by atoms with Gasteiger partial charge in [-0.15, -0.1) is 0 Å². The first-order chi connectivity index (χ1) is 22.0. The van der Waals surface area contributed by atoms with Crippen LogP contribution in [0.3, 0.4) is 0 Å². The van der Waals surface area contributed by atoms with Crippen LogP contribution < -0.4 is 14.8 Å². The smallest absolute Gasteiger partial charge is 0.312 e. The van der Waals surface area contributed by atoms with Crippen molar-refractivity contribution in [1.82, 2.24) is 5.32 Å². The summed E-state index contributed by atoms with van der Waals surface area (Å²) in [6.45, 7) is 2.07. The van der Waals surface area contributed by atoms with Gasteiger partial charge in [-0.25, -0.2) is 0 Å². The number of carboxylic acid groups (broad SMARTS) is 1. The molecule has 0 saturated heterocycles. The average molecular weight is 697 g/mol. The van der Waals surface area contributed by atoms with Crippen LogP contribution in [0.5, 0.6) is 0 Å². The van der Waals surface area contributed by atoms with Crippen LogP contribution in [0, 0.1) is 5.92 Å². The zero-order valence-corrected chi connectivity index (χ0v) is 29.0. The molecule has 2 aliphatic rings. The molecule has 2 unspecified atom stereocenters. The Bertz CT molecular complexity index is 1860. The topological polar surface area (TPSA) is 117 Å². The van der Waals surface area contributed by atoms with Crippen molar-refractivity contribution < 1.29 is 32.4 Å². The van der Waals surface area contributed by atoms with Crippen LogP contribution in [0.1, 0.15) is 31.2 Å². The molecule has 1 aromatic heterocycles. The number of amides is 2. The van der Waals surface area contributed by atoms with Gasteiger partial charge in [0.1, 0.15) is 24.7 Å². The molecule has 0 fully saturated rings. The number of anilines is 1. The molecule has 2 heterocycles. The molecule has 2 atom stereocenters. The number of nitrogens with one attached hydrogen (secondary N) is 1. The Morgan fingerprint density at radius 1 is 1.20 bits per heavy atom. The molecule has 13 heteroatoms. The van der Waals surface area contributed by atoms with Crippen molar-refractivity contribution in [2.45, 2.75) is 40.9 Å². The molecule has 2 N–H and O–H groups in total. The first-order valence-electron chi connectivity index (χ1n) is 14.4. The molecule has 1 aliphatic carbocycles. The standard InChI is InChI=1S/C33H33N3O6S4/c1-20-12-21(6-5-7-31-35(2)25-17-24(46(4)41)9-11-27(25)43-31)14-22(13-20)15-32-36(19-30(38)34-29(37)18-33(39)40)26-16-23(45-42-3)8-10-28(26)44-32/h5-11,14-17,20H,12-13,18-19H2,1-4H3,(H-,34,37,38,39,40)/p+1. The van der Waals surface area contributed by atoms with Gasteiger partial charge in [0.25, 0.3) is 5.01 Å². The maximum atomic E-state index is 12.8. The van der Waals surface area contributed by atoms with E-state index in [0.717, 1.165) is 59.0 Å². The lowest BCUT2D eigenvalue weighted by molar-refractivity contribution is -0.642.